The van der Waals surface area contributed by atoms with E-state index in [1.54, 1.807) is 10.6 Å². The van der Waals surface area contributed by atoms with Gasteiger partial charge in [-0.25, -0.2) is 9.48 Å². The second-order valence-electron chi connectivity index (χ2n) is 6.83. The summed E-state index contributed by atoms with van der Waals surface area (Å²) in [5.74, 6) is 0. The van der Waals surface area contributed by atoms with Crippen LogP contribution in [0.2, 0.25) is 0 Å². The normalized spacial score (nSPS) is 11.2. The number of pyridine rings is 1. The molecule has 0 aliphatic carbocycles. The Morgan fingerprint density at radius 3 is 2.66 bits per heavy atom. The van der Waals surface area contributed by atoms with Gasteiger partial charge >= 0.3 is 5.69 Å². The highest BCUT2D eigenvalue weighted by atomic mass is 32.1. The maximum Gasteiger partial charge on any atom is 0.346 e. The molecule has 0 amide bonds. The maximum atomic E-state index is 12.8. The Morgan fingerprint density at radius 2 is 2.00 bits per heavy atom. The summed E-state index contributed by atoms with van der Waals surface area (Å²) in [6, 6.07) is 5.29. The fourth-order valence-electron chi connectivity index (χ4n) is 2.83. The largest absolute Gasteiger partial charge is 0.346 e. The molecule has 7 nitrogen and oxygen atoms in total. The molecule has 3 aromatic rings. The third-order valence-corrected chi connectivity index (χ3v) is 5.38. The first-order valence-corrected chi connectivity index (χ1v) is 9.83. The van der Waals surface area contributed by atoms with Crippen molar-refractivity contribution in [1.29, 1.82) is 0 Å². The van der Waals surface area contributed by atoms with Crippen LogP contribution >= 0.6 is 11.3 Å². The van der Waals surface area contributed by atoms with E-state index in [-0.39, 0.29) is 36.8 Å². The second kappa shape index (κ2) is 8.66. The van der Waals surface area contributed by atoms with Crippen molar-refractivity contribution >= 4 is 11.3 Å². The van der Waals surface area contributed by atoms with Crippen molar-refractivity contribution < 1.29 is 8.78 Å². The van der Waals surface area contributed by atoms with Crippen LogP contribution < -0.4 is 17.0 Å². The summed E-state index contributed by atoms with van der Waals surface area (Å²) >= 11 is 1.47. The fraction of sp³-hybridized carbons (Fsp3) is 0.316. The van der Waals surface area contributed by atoms with Crippen LogP contribution in [0.5, 0.6) is 0 Å². The molecule has 0 aliphatic rings. The summed E-state index contributed by atoms with van der Waals surface area (Å²) in [7, 11) is 0. The Kier molecular flexibility index (Phi) is 6.23. The van der Waals surface area contributed by atoms with Crippen molar-refractivity contribution in [2.24, 2.45) is 5.73 Å². The molecule has 0 saturated heterocycles. The topological polar surface area (TPSA) is 87.8 Å². The molecule has 3 aromatic heterocycles. The van der Waals surface area contributed by atoms with Gasteiger partial charge in [-0.2, -0.15) is 13.9 Å². The zero-order valence-electron chi connectivity index (χ0n) is 16.0. The van der Waals surface area contributed by atoms with E-state index in [1.807, 2.05) is 31.5 Å². The van der Waals surface area contributed by atoms with E-state index in [0.29, 0.717) is 0 Å². The molecule has 3 rings (SSSR count). The van der Waals surface area contributed by atoms with Crippen molar-refractivity contribution in [3.8, 4) is 11.1 Å². The lowest BCUT2D eigenvalue weighted by molar-refractivity contribution is 0.400. The highest BCUT2D eigenvalue weighted by Crippen LogP contribution is 2.25. The molecule has 0 spiro atoms. The van der Waals surface area contributed by atoms with Gasteiger partial charge in [0.1, 0.15) is 6.33 Å². The SMILES string of the molecule is CC(C)n1cc(-c2csc(Cn3cnn(CC(CN)=C(F)F)c3=O)c2)ccc1=O. The van der Waals surface area contributed by atoms with Crippen molar-refractivity contribution in [3.05, 3.63) is 73.5 Å². The number of hydrogen-bond acceptors (Lipinski definition) is 5. The van der Waals surface area contributed by atoms with Gasteiger partial charge in [0.25, 0.3) is 11.6 Å². The molecule has 0 aliphatic heterocycles. The predicted molar refractivity (Wildman–Crippen MR) is 108 cm³/mol. The second-order valence-corrected chi connectivity index (χ2v) is 7.82. The first-order valence-electron chi connectivity index (χ1n) is 8.95. The van der Waals surface area contributed by atoms with Gasteiger partial charge in [0.05, 0.1) is 13.1 Å². The fourth-order valence-corrected chi connectivity index (χ4v) is 3.72. The van der Waals surface area contributed by atoms with Gasteiger partial charge in [0.15, 0.2) is 0 Å². The zero-order chi connectivity index (χ0) is 21.1. The average molecular weight is 421 g/mol. The number of hydrogen-bond donors (Lipinski definition) is 1. The molecule has 154 valence electrons. The molecular weight excluding hydrogens is 400 g/mol. The minimum Gasteiger partial charge on any atom is -0.327 e. The van der Waals surface area contributed by atoms with Gasteiger partial charge in [-0.1, -0.05) is 0 Å². The van der Waals surface area contributed by atoms with Gasteiger partial charge in [-0.3, -0.25) is 9.36 Å². The molecule has 0 unspecified atom stereocenters. The number of aromatic nitrogens is 4. The molecule has 10 heteroatoms. The molecule has 0 bridgehead atoms. The first-order chi connectivity index (χ1) is 13.8. The van der Waals surface area contributed by atoms with Crippen LogP contribution in [0.25, 0.3) is 11.1 Å². The van der Waals surface area contributed by atoms with Crippen molar-refractivity contribution in [2.45, 2.75) is 33.0 Å². The summed E-state index contributed by atoms with van der Waals surface area (Å²) < 4.78 is 29.5. The van der Waals surface area contributed by atoms with Crippen molar-refractivity contribution in [3.63, 3.8) is 0 Å². The first kappa shape index (κ1) is 20.9. The zero-order valence-corrected chi connectivity index (χ0v) is 16.8. The van der Waals surface area contributed by atoms with Crippen molar-refractivity contribution in [2.75, 3.05) is 6.54 Å². The molecule has 0 fully saturated rings. The van der Waals surface area contributed by atoms with Crippen LogP contribution in [0, 0.1) is 0 Å². The standard InChI is InChI=1S/C19H21F2N5O2S/c1-12(2)25-7-13(3-4-17(25)27)14-5-16(29-10-14)9-24-11-23-26(19(24)28)8-15(6-22)18(20)21/h3-5,7,10-12H,6,8-9,22H2,1-2H3. The van der Waals surface area contributed by atoms with E-state index in [4.69, 9.17) is 5.73 Å². The maximum absolute atomic E-state index is 12.8. The Balaban J connectivity index is 1.81. The monoisotopic (exact) mass is 421 g/mol. The Labute approximate surface area is 169 Å². The van der Waals surface area contributed by atoms with Gasteiger partial charge in [-0.05, 0) is 42.5 Å². The van der Waals surface area contributed by atoms with Crippen LogP contribution in [-0.4, -0.2) is 25.5 Å². The Hall–Kier alpha value is -2.85. The van der Waals surface area contributed by atoms with E-state index in [0.717, 1.165) is 20.7 Å². The predicted octanol–water partition coefficient (Wildman–Crippen LogP) is 2.67. The summed E-state index contributed by atoms with van der Waals surface area (Å²) in [6.07, 6.45) is 1.25. The molecule has 0 radical (unpaired) electrons. The summed E-state index contributed by atoms with van der Waals surface area (Å²) in [6.45, 7) is 3.47. The van der Waals surface area contributed by atoms with Crippen LogP contribution in [0.3, 0.4) is 0 Å². The number of thiophene rings is 1. The molecule has 0 atom stereocenters. The molecule has 0 aromatic carbocycles. The van der Waals surface area contributed by atoms with Gasteiger partial charge in [0, 0.05) is 35.3 Å². The molecule has 29 heavy (non-hydrogen) atoms. The van der Waals surface area contributed by atoms with Gasteiger partial charge in [-0.15, -0.1) is 11.3 Å². The summed E-state index contributed by atoms with van der Waals surface area (Å²) in [5, 5.41) is 5.85. The minimum atomic E-state index is -1.89. The number of halogens is 2. The van der Waals surface area contributed by atoms with E-state index < -0.39 is 11.8 Å². The molecule has 0 saturated carbocycles. The van der Waals surface area contributed by atoms with Gasteiger partial charge < -0.3 is 10.3 Å². The van der Waals surface area contributed by atoms with Gasteiger partial charge in [0.2, 0.25) is 0 Å². The van der Waals surface area contributed by atoms with E-state index in [2.05, 4.69) is 5.10 Å². The lowest BCUT2D eigenvalue weighted by atomic mass is 10.1. The van der Waals surface area contributed by atoms with Crippen LogP contribution in [0.1, 0.15) is 24.8 Å². The highest BCUT2D eigenvalue weighted by Gasteiger charge is 2.12. The van der Waals surface area contributed by atoms with E-state index in [1.165, 1.54) is 28.3 Å². The number of rotatable bonds is 7. The highest BCUT2D eigenvalue weighted by molar-refractivity contribution is 7.10. The number of nitrogens with zero attached hydrogens (tertiary/aromatic N) is 4. The summed E-state index contributed by atoms with van der Waals surface area (Å²) in [5.41, 5.74) is 6.26. The van der Waals surface area contributed by atoms with Crippen molar-refractivity contribution in [1.82, 2.24) is 18.9 Å². The third kappa shape index (κ3) is 4.60. The molecule has 3 heterocycles. The van der Waals surface area contributed by atoms with Crippen LogP contribution in [0.15, 0.2) is 57.3 Å². The number of nitrogens with two attached hydrogens (primary N) is 1. The van der Waals surface area contributed by atoms with E-state index >= 15 is 0 Å². The lowest BCUT2D eigenvalue weighted by Crippen LogP contribution is -2.27. The van der Waals surface area contributed by atoms with E-state index in [9.17, 15) is 18.4 Å². The van der Waals surface area contributed by atoms with Crippen LogP contribution in [-0.2, 0) is 13.1 Å². The Morgan fingerprint density at radius 1 is 1.24 bits per heavy atom. The Bertz CT molecular complexity index is 1150. The summed E-state index contributed by atoms with van der Waals surface area (Å²) in [4.78, 5) is 25.2. The molecular formula is C19H21F2N5O2S. The quantitative estimate of drug-likeness (QED) is 0.635. The average Bonchev–Trinajstić information content (AvgIpc) is 3.28. The third-order valence-electron chi connectivity index (χ3n) is 4.46. The lowest BCUT2D eigenvalue weighted by Gasteiger charge is -2.10. The minimum absolute atomic E-state index is 0.0478. The molecule has 2 N–H and O–H groups in total. The van der Waals surface area contributed by atoms with Crippen LogP contribution in [0.4, 0.5) is 8.78 Å². The smallest absolute Gasteiger partial charge is 0.327 e.